The molecule has 0 atom stereocenters. The molecular formula is C24H28O3SSi. The Morgan fingerprint density at radius 2 is 0.897 bits per heavy atom. The van der Waals surface area contributed by atoms with Crippen molar-refractivity contribution in [3.05, 3.63) is 108 Å². The standard InChI is InChI=1S/C24H28O3SSi/c28-17-10-18-29(25-19-22-11-4-1-5-12-22,26-20-23-13-6-2-7-14-23)27-21-24-15-8-3-9-16-24/h1-9,11-16,28H,10,17-21H2. The molecule has 5 heteroatoms. The van der Waals surface area contributed by atoms with Crippen LogP contribution in [0.25, 0.3) is 0 Å². The SMILES string of the molecule is SCCC[Si](OCc1ccccc1)(OCc1ccccc1)OCc1ccccc1. The van der Waals surface area contributed by atoms with Gasteiger partial charge in [0, 0.05) is 6.04 Å². The zero-order chi connectivity index (χ0) is 20.2. The molecule has 0 aliphatic heterocycles. The maximum atomic E-state index is 6.42. The molecule has 0 spiro atoms. The molecule has 0 amide bonds. The van der Waals surface area contributed by atoms with Gasteiger partial charge in [0.2, 0.25) is 0 Å². The van der Waals surface area contributed by atoms with Gasteiger partial charge < -0.3 is 13.3 Å². The fourth-order valence-electron chi connectivity index (χ4n) is 2.94. The summed E-state index contributed by atoms with van der Waals surface area (Å²) < 4.78 is 19.3. The van der Waals surface area contributed by atoms with Crippen LogP contribution in [-0.4, -0.2) is 14.6 Å². The summed E-state index contributed by atoms with van der Waals surface area (Å²) in [6, 6.07) is 31.2. The maximum absolute atomic E-state index is 6.42. The lowest BCUT2D eigenvalue weighted by molar-refractivity contribution is 0.0426. The van der Waals surface area contributed by atoms with E-state index in [9.17, 15) is 0 Å². The maximum Gasteiger partial charge on any atom is 0.501 e. The Bertz CT molecular complexity index is 709. The van der Waals surface area contributed by atoms with Crippen LogP contribution in [0.5, 0.6) is 0 Å². The van der Waals surface area contributed by atoms with E-state index in [-0.39, 0.29) is 0 Å². The van der Waals surface area contributed by atoms with E-state index >= 15 is 0 Å². The van der Waals surface area contributed by atoms with Crippen molar-refractivity contribution in [1.82, 2.24) is 0 Å². The molecule has 0 aliphatic rings. The lowest BCUT2D eigenvalue weighted by Gasteiger charge is -2.30. The van der Waals surface area contributed by atoms with Crippen LogP contribution >= 0.6 is 12.6 Å². The Balaban J connectivity index is 1.75. The van der Waals surface area contributed by atoms with Gasteiger partial charge >= 0.3 is 8.80 Å². The van der Waals surface area contributed by atoms with Gasteiger partial charge in [0.1, 0.15) is 0 Å². The fraction of sp³-hybridized carbons (Fsp3) is 0.250. The van der Waals surface area contributed by atoms with Gasteiger partial charge in [0.15, 0.2) is 0 Å². The van der Waals surface area contributed by atoms with Gasteiger partial charge in [-0.05, 0) is 28.9 Å². The summed E-state index contributed by atoms with van der Waals surface area (Å²) in [5.41, 5.74) is 3.34. The molecule has 0 saturated heterocycles. The summed E-state index contributed by atoms with van der Waals surface area (Å²) in [6.07, 6.45) is 0.883. The lowest BCUT2D eigenvalue weighted by atomic mass is 10.2. The third-order valence-corrected chi connectivity index (χ3v) is 7.58. The van der Waals surface area contributed by atoms with Crippen LogP contribution in [0.3, 0.4) is 0 Å². The second-order valence-corrected chi connectivity index (χ2v) is 10.0. The molecular weight excluding hydrogens is 396 g/mol. The first kappa shape index (κ1) is 21.8. The molecule has 0 bridgehead atoms. The summed E-state index contributed by atoms with van der Waals surface area (Å²) in [7, 11) is -2.91. The molecule has 0 N–H and O–H groups in total. The summed E-state index contributed by atoms with van der Waals surface area (Å²) in [5, 5.41) is 0. The Morgan fingerprint density at radius 3 is 1.21 bits per heavy atom. The van der Waals surface area contributed by atoms with E-state index in [1.54, 1.807) is 0 Å². The molecule has 152 valence electrons. The predicted octanol–water partition coefficient (Wildman–Crippen LogP) is 5.90. The first-order valence-electron chi connectivity index (χ1n) is 9.94. The van der Waals surface area contributed by atoms with E-state index in [1.807, 2.05) is 54.6 Å². The van der Waals surface area contributed by atoms with E-state index in [4.69, 9.17) is 13.3 Å². The van der Waals surface area contributed by atoms with Gasteiger partial charge in [0.25, 0.3) is 0 Å². The monoisotopic (exact) mass is 424 g/mol. The predicted molar refractivity (Wildman–Crippen MR) is 123 cm³/mol. The zero-order valence-electron chi connectivity index (χ0n) is 16.6. The first-order chi connectivity index (χ1) is 14.3. The summed E-state index contributed by atoms with van der Waals surface area (Å²) in [5.74, 6) is 0.771. The molecule has 0 fully saturated rings. The minimum Gasteiger partial charge on any atom is -0.369 e. The molecule has 3 nitrogen and oxygen atoms in total. The molecule has 29 heavy (non-hydrogen) atoms. The topological polar surface area (TPSA) is 27.7 Å². The van der Waals surface area contributed by atoms with E-state index in [1.165, 1.54) is 0 Å². The third kappa shape index (κ3) is 7.46. The van der Waals surface area contributed by atoms with Crippen molar-refractivity contribution >= 4 is 21.4 Å². The molecule has 0 saturated carbocycles. The highest BCUT2D eigenvalue weighted by Crippen LogP contribution is 2.24. The van der Waals surface area contributed by atoms with Crippen molar-refractivity contribution in [3.8, 4) is 0 Å². The van der Waals surface area contributed by atoms with Gasteiger partial charge in [-0.3, -0.25) is 0 Å². The van der Waals surface area contributed by atoms with Crippen LogP contribution in [0.15, 0.2) is 91.0 Å². The van der Waals surface area contributed by atoms with Crippen molar-refractivity contribution in [2.75, 3.05) is 5.75 Å². The van der Waals surface area contributed by atoms with Crippen LogP contribution in [0.1, 0.15) is 23.1 Å². The summed E-state index contributed by atoms with van der Waals surface area (Å²) >= 11 is 4.40. The Kier molecular flexibility index (Phi) is 8.99. The first-order valence-corrected chi connectivity index (χ1v) is 12.5. The van der Waals surface area contributed by atoms with Crippen LogP contribution in [-0.2, 0) is 33.1 Å². The number of hydrogen-bond acceptors (Lipinski definition) is 4. The average molecular weight is 425 g/mol. The number of rotatable bonds is 12. The Labute approximate surface area is 180 Å². The molecule has 0 radical (unpaired) electrons. The molecule has 0 aromatic heterocycles. The van der Waals surface area contributed by atoms with Gasteiger partial charge in [-0.15, -0.1) is 0 Å². The highest BCUT2D eigenvalue weighted by atomic mass is 32.1. The van der Waals surface area contributed by atoms with Crippen LogP contribution in [0, 0.1) is 0 Å². The summed E-state index contributed by atoms with van der Waals surface area (Å²) in [4.78, 5) is 0. The van der Waals surface area contributed by atoms with Crippen molar-refractivity contribution in [2.45, 2.75) is 32.3 Å². The van der Waals surface area contributed by atoms with Crippen molar-refractivity contribution in [3.63, 3.8) is 0 Å². The molecule has 3 rings (SSSR count). The number of thiol groups is 1. The number of benzene rings is 3. The Morgan fingerprint density at radius 1 is 0.552 bits per heavy atom. The van der Waals surface area contributed by atoms with Crippen molar-refractivity contribution in [2.24, 2.45) is 0 Å². The quantitative estimate of drug-likeness (QED) is 0.290. The number of hydrogen-bond donors (Lipinski definition) is 1. The molecule has 3 aromatic rings. The fourth-order valence-corrected chi connectivity index (χ4v) is 5.85. The van der Waals surface area contributed by atoms with Gasteiger partial charge in [0.05, 0.1) is 19.8 Å². The molecule has 3 aromatic carbocycles. The zero-order valence-corrected chi connectivity index (χ0v) is 18.5. The Hall–Kier alpha value is -1.89. The largest absolute Gasteiger partial charge is 0.501 e. The molecule has 0 heterocycles. The van der Waals surface area contributed by atoms with Crippen LogP contribution in [0.2, 0.25) is 6.04 Å². The highest BCUT2D eigenvalue weighted by Gasteiger charge is 2.41. The van der Waals surface area contributed by atoms with E-state index in [0.717, 1.165) is 34.9 Å². The van der Waals surface area contributed by atoms with E-state index < -0.39 is 8.80 Å². The van der Waals surface area contributed by atoms with Crippen molar-refractivity contribution < 1.29 is 13.3 Å². The smallest absolute Gasteiger partial charge is 0.369 e. The molecule has 0 aliphatic carbocycles. The lowest BCUT2D eigenvalue weighted by Crippen LogP contribution is -2.45. The minimum absolute atomic E-state index is 0.475. The van der Waals surface area contributed by atoms with Crippen LogP contribution in [0.4, 0.5) is 0 Å². The summed E-state index contributed by atoms with van der Waals surface area (Å²) in [6.45, 7) is 1.43. The second-order valence-electron chi connectivity index (χ2n) is 6.83. The molecule has 0 unspecified atom stereocenters. The second kappa shape index (κ2) is 12.0. The third-order valence-electron chi connectivity index (χ3n) is 4.55. The van der Waals surface area contributed by atoms with E-state index in [2.05, 4.69) is 49.0 Å². The van der Waals surface area contributed by atoms with Gasteiger partial charge in [-0.25, -0.2) is 0 Å². The van der Waals surface area contributed by atoms with Gasteiger partial charge in [-0.2, -0.15) is 12.6 Å². The minimum atomic E-state index is -2.91. The van der Waals surface area contributed by atoms with Crippen LogP contribution < -0.4 is 0 Å². The van der Waals surface area contributed by atoms with Crippen molar-refractivity contribution in [1.29, 1.82) is 0 Å². The highest BCUT2D eigenvalue weighted by molar-refractivity contribution is 7.80. The normalized spacial score (nSPS) is 11.5. The average Bonchev–Trinajstić information content (AvgIpc) is 2.80. The van der Waals surface area contributed by atoms with E-state index in [0.29, 0.717) is 19.8 Å². The van der Waals surface area contributed by atoms with Gasteiger partial charge in [-0.1, -0.05) is 91.0 Å².